The minimum absolute atomic E-state index is 0.160. The SMILES string of the molecule is CC(C)(C)c1cn2c(n1)C(CNC1CCCC1)CCC2. The van der Waals surface area contributed by atoms with E-state index in [0.717, 1.165) is 19.1 Å². The van der Waals surface area contributed by atoms with Crippen LogP contribution in [0, 0.1) is 0 Å². The van der Waals surface area contributed by atoms with E-state index >= 15 is 0 Å². The van der Waals surface area contributed by atoms with Crippen LogP contribution in [-0.4, -0.2) is 22.1 Å². The third kappa shape index (κ3) is 2.93. The number of nitrogens with zero attached hydrogens (tertiary/aromatic N) is 2. The Morgan fingerprint density at radius 2 is 1.95 bits per heavy atom. The average molecular weight is 275 g/mol. The van der Waals surface area contributed by atoms with Crippen molar-refractivity contribution >= 4 is 0 Å². The molecule has 3 rings (SSSR count). The number of aromatic nitrogens is 2. The molecule has 3 heteroatoms. The Bertz CT molecular complexity index is 449. The lowest BCUT2D eigenvalue weighted by atomic mass is 9.93. The van der Waals surface area contributed by atoms with Crippen molar-refractivity contribution in [1.29, 1.82) is 0 Å². The van der Waals surface area contributed by atoms with Crippen LogP contribution in [0.5, 0.6) is 0 Å². The highest BCUT2D eigenvalue weighted by molar-refractivity contribution is 5.17. The third-order valence-electron chi connectivity index (χ3n) is 4.90. The number of fused-ring (bicyclic) bond motifs is 1. The second-order valence-electron chi connectivity index (χ2n) is 7.66. The number of nitrogens with one attached hydrogen (secondary N) is 1. The van der Waals surface area contributed by atoms with Gasteiger partial charge in [-0.25, -0.2) is 4.98 Å². The van der Waals surface area contributed by atoms with Crippen LogP contribution in [0.2, 0.25) is 0 Å². The second kappa shape index (κ2) is 5.51. The van der Waals surface area contributed by atoms with Gasteiger partial charge in [0.15, 0.2) is 0 Å². The fraction of sp³-hybridized carbons (Fsp3) is 0.824. The average Bonchev–Trinajstić information content (AvgIpc) is 3.04. The number of rotatable bonds is 3. The zero-order chi connectivity index (χ0) is 14.2. The first-order valence-electron chi connectivity index (χ1n) is 8.35. The molecular weight excluding hydrogens is 246 g/mol. The van der Waals surface area contributed by atoms with E-state index in [1.807, 2.05) is 0 Å². The number of aryl methyl sites for hydroxylation is 1. The number of imidazole rings is 1. The molecule has 0 saturated heterocycles. The number of hydrogen-bond donors (Lipinski definition) is 1. The minimum atomic E-state index is 0.160. The first-order valence-corrected chi connectivity index (χ1v) is 8.35. The van der Waals surface area contributed by atoms with E-state index < -0.39 is 0 Å². The van der Waals surface area contributed by atoms with Crippen LogP contribution in [0.3, 0.4) is 0 Å². The Hall–Kier alpha value is -0.830. The van der Waals surface area contributed by atoms with E-state index in [1.165, 1.54) is 50.0 Å². The smallest absolute Gasteiger partial charge is 0.113 e. The van der Waals surface area contributed by atoms with E-state index in [9.17, 15) is 0 Å². The Morgan fingerprint density at radius 1 is 1.20 bits per heavy atom. The van der Waals surface area contributed by atoms with Gasteiger partial charge in [-0.1, -0.05) is 33.6 Å². The summed E-state index contributed by atoms with van der Waals surface area (Å²) in [5, 5.41) is 3.79. The number of hydrogen-bond acceptors (Lipinski definition) is 2. The van der Waals surface area contributed by atoms with Crippen LogP contribution in [0.15, 0.2) is 6.20 Å². The lowest BCUT2D eigenvalue weighted by Gasteiger charge is -2.25. The van der Waals surface area contributed by atoms with E-state index in [-0.39, 0.29) is 5.41 Å². The monoisotopic (exact) mass is 275 g/mol. The van der Waals surface area contributed by atoms with E-state index in [4.69, 9.17) is 4.98 Å². The molecule has 1 fully saturated rings. The molecule has 1 aromatic heterocycles. The predicted octanol–water partition coefficient (Wildman–Crippen LogP) is 3.59. The van der Waals surface area contributed by atoms with Crippen LogP contribution in [0.25, 0.3) is 0 Å². The van der Waals surface area contributed by atoms with Gasteiger partial charge < -0.3 is 9.88 Å². The van der Waals surface area contributed by atoms with Crippen LogP contribution in [-0.2, 0) is 12.0 Å². The summed E-state index contributed by atoms with van der Waals surface area (Å²) in [5.74, 6) is 1.94. The largest absolute Gasteiger partial charge is 0.334 e. The van der Waals surface area contributed by atoms with Crippen LogP contribution in [0.4, 0.5) is 0 Å². The molecule has 0 radical (unpaired) electrons. The van der Waals surface area contributed by atoms with Crippen molar-refractivity contribution in [3.63, 3.8) is 0 Å². The summed E-state index contributed by atoms with van der Waals surface area (Å²) in [5.41, 5.74) is 1.41. The molecule has 1 unspecified atom stereocenters. The summed E-state index contributed by atoms with van der Waals surface area (Å²) >= 11 is 0. The Morgan fingerprint density at radius 3 is 2.65 bits per heavy atom. The van der Waals surface area contributed by atoms with Gasteiger partial charge in [0.25, 0.3) is 0 Å². The molecule has 0 aromatic carbocycles. The molecule has 1 saturated carbocycles. The van der Waals surface area contributed by atoms with E-state index in [2.05, 4.69) is 36.9 Å². The molecule has 3 nitrogen and oxygen atoms in total. The quantitative estimate of drug-likeness (QED) is 0.913. The van der Waals surface area contributed by atoms with E-state index in [1.54, 1.807) is 0 Å². The van der Waals surface area contributed by atoms with Crippen LogP contribution in [0.1, 0.15) is 76.7 Å². The maximum absolute atomic E-state index is 4.97. The molecule has 0 amide bonds. The van der Waals surface area contributed by atoms with Crippen molar-refractivity contribution < 1.29 is 0 Å². The third-order valence-corrected chi connectivity index (χ3v) is 4.90. The topological polar surface area (TPSA) is 29.9 Å². The molecule has 1 N–H and O–H groups in total. The van der Waals surface area contributed by atoms with Crippen LogP contribution >= 0.6 is 0 Å². The molecule has 2 heterocycles. The van der Waals surface area contributed by atoms with Gasteiger partial charge in [-0.05, 0) is 25.7 Å². The first-order chi connectivity index (χ1) is 9.54. The normalized spacial score (nSPS) is 24.1. The summed E-state index contributed by atoms with van der Waals surface area (Å²) in [6.45, 7) is 9.04. The summed E-state index contributed by atoms with van der Waals surface area (Å²) in [4.78, 5) is 4.97. The lowest BCUT2D eigenvalue weighted by Crippen LogP contribution is -2.32. The fourth-order valence-electron chi connectivity index (χ4n) is 3.57. The van der Waals surface area contributed by atoms with Gasteiger partial charge in [0, 0.05) is 36.7 Å². The van der Waals surface area contributed by atoms with Crippen molar-refractivity contribution in [1.82, 2.24) is 14.9 Å². The van der Waals surface area contributed by atoms with Gasteiger partial charge in [-0.3, -0.25) is 0 Å². The highest BCUT2D eigenvalue weighted by atomic mass is 15.1. The van der Waals surface area contributed by atoms with Gasteiger partial charge in [0.05, 0.1) is 5.69 Å². The van der Waals surface area contributed by atoms with Gasteiger partial charge in [0.2, 0.25) is 0 Å². The summed E-state index contributed by atoms with van der Waals surface area (Å²) in [6, 6.07) is 0.766. The maximum Gasteiger partial charge on any atom is 0.113 e. The Kier molecular flexibility index (Phi) is 3.89. The van der Waals surface area contributed by atoms with Crippen molar-refractivity contribution in [2.75, 3.05) is 6.54 Å². The van der Waals surface area contributed by atoms with Gasteiger partial charge in [-0.2, -0.15) is 0 Å². The van der Waals surface area contributed by atoms with Gasteiger partial charge in [0.1, 0.15) is 5.82 Å². The Labute approximate surface area is 123 Å². The molecule has 0 spiro atoms. The maximum atomic E-state index is 4.97. The molecule has 1 atom stereocenters. The molecular formula is C17H29N3. The van der Waals surface area contributed by atoms with Gasteiger partial charge in [-0.15, -0.1) is 0 Å². The molecule has 20 heavy (non-hydrogen) atoms. The molecule has 1 aliphatic carbocycles. The van der Waals surface area contributed by atoms with Crippen molar-refractivity contribution in [3.8, 4) is 0 Å². The lowest BCUT2D eigenvalue weighted by molar-refractivity contribution is 0.400. The Balaban J connectivity index is 1.70. The zero-order valence-corrected chi connectivity index (χ0v) is 13.3. The van der Waals surface area contributed by atoms with Gasteiger partial charge >= 0.3 is 0 Å². The molecule has 1 aromatic rings. The minimum Gasteiger partial charge on any atom is -0.334 e. The second-order valence-corrected chi connectivity index (χ2v) is 7.66. The standard InChI is InChI=1S/C17H29N3/c1-17(2,3)15-12-20-10-6-7-13(16(20)19-15)11-18-14-8-4-5-9-14/h12-14,18H,4-11H2,1-3H3. The summed E-state index contributed by atoms with van der Waals surface area (Å²) in [6.07, 6.45) is 10.4. The predicted molar refractivity (Wildman–Crippen MR) is 83.2 cm³/mol. The van der Waals surface area contributed by atoms with E-state index in [0.29, 0.717) is 5.92 Å². The first kappa shape index (κ1) is 14.1. The summed E-state index contributed by atoms with van der Waals surface area (Å²) in [7, 11) is 0. The van der Waals surface area contributed by atoms with Crippen molar-refractivity contribution in [3.05, 3.63) is 17.7 Å². The highest BCUT2D eigenvalue weighted by Crippen LogP contribution is 2.30. The molecule has 2 aliphatic rings. The van der Waals surface area contributed by atoms with Crippen LogP contribution < -0.4 is 5.32 Å². The van der Waals surface area contributed by atoms with Crippen molar-refractivity contribution in [2.45, 2.75) is 83.2 Å². The van der Waals surface area contributed by atoms with Crippen molar-refractivity contribution in [2.24, 2.45) is 0 Å². The molecule has 112 valence electrons. The zero-order valence-electron chi connectivity index (χ0n) is 13.3. The summed E-state index contributed by atoms with van der Waals surface area (Å²) < 4.78 is 2.41. The highest BCUT2D eigenvalue weighted by Gasteiger charge is 2.27. The fourth-order valence-corrected chi connectivity index (χ4v) is 3.57. The molecule has 0 bridgehead atoms. The molecule has 1 aliphatic heterocycles.